The van der Waals surface area contributed by atoms with Gasteiger partial charge in [-0.1, -0.05) is 18.2 Å². The molecule has 1 aliphatic rings. The fourth-order valence-corrected chi connectivity index (χ4v) is 3.12. The van der Waals surface area contributed by atoms with Crippen LogP contribution in [0.5, 0.6) is 0 Å². The third-order valence-corrected chi connectivity index (χ3v) is 4.27. The van der Waals surface area contributed by atoms with Crippen molar-refractivity contribution in [2.24, 2.45) is 0 Å². The number of hydrogen-bond acceptors (Lipinski definition) is 5. The minimum absolute atomic E-state index is 0.145. The Hall–Kier alpha value is -3.15. The zero-order chi connectivity index (χ0) is 18.1. The lowest BCUT2D eigenvalue weighted by Gasteiger charge is -2.20. The van der Waals surface area contributed by atoms with Crippen LogP contribution in [0.15, 0.2) is 48.7 Å². The maximum Gasteiger partial charge on any atom is 0.355 e. The Morgan fingerprint density at radius 3 is 2.77 bits per heavy atom. The van der Waals surface area contributed by atoms with Gasteiger partial charge in [0, 0.05) is 24.0 Å². The molecule has 0 saturated heterocycles. The first-order chi connectivity index (χ1) is 12.6. The van der Waals surface area contributed by atoms with Crippen molar-refractivity contribution >= 4 is 17.6 Å². The molecule has 0 aliphatic carbocycles. The van der Waals surface area contributed by atoms with E-state index in [1.165, 1.54) is 0 Å². The fourth-order valence-electron chi connectivity index (χ4n) is 3.12. The van der Waals surface area contributed by atoms with Gasteiger partial charge in [0.15, 0.2) is 0 Å². The van der Waals surface area contributed by atoms with Crippen molar-refractivity contribution in [3.05, 3.63) is 59.9 Å². The van der Waals surface area contributed by atoms with E-state index in [1.807, 2.05) is 67.1 Å². The number of fused-ring (bicyclic) bond motifs is 3. The third-order valence-electron chi connectivity index (χ3n) is 4.27. The predicted molar refractivity (Wildman–Crippen MR) is 99.4 cm³/mol. The van der Waals surface area contributed by atoms with Crippen molar-refractivity contribution in [2.75, 3.05) is 5.32 Å². The molecule has 4 rings (SSSR count). The van der Waals surface area contributed by atoms with Gasteiger partial charge in [-0.3, -0.25) is 0 Å². The number of ether oxygens (including phenoxy) is 1. The van der Waals surface area contributed by atoms with Crippen molar-refractivity contribution in [3.8, 4) is 11.4 Å². The maximum absolute atomic E-state index is 12.3. The number of para-hydroxylation sites is 1. The first-order valence-corrected chi connectivity index (χ1v) is 8.70. The van der Waals surface area contributed by atoms with Crippen molar-refractivity contribution in [3.63, 3.8) is 0 Å². The lowest BCUT2D eigenvalue weighted by atomic mass is 10.1. The zero-order valence-corrected chi connectivity index (χ0v) is 14.8. The van der Waals surface area contributed by atoms with Crippen LogP contribution >= 0.6 is 0 Å². The number of esters is 1. The smallest absolute Gasteiger partial charge is 0.355 e. The van der Waals surface area contributed by atoms with Gasteiger partial charge in [-0.25, -0.2) is 14.8 Å². The van der Waals surface area contributed by atoms with Crippen molar-refractivity contribution in [1.82, 2.24) is 14.5 Å². The molecule has 0 amide bonds. The number of benzene rings is 1. The lowest BCUT2D eigenvalue weighted by Crippen LogP contribution is -2.20. The van der Waals surface area contributed by atoms with Crippen LogP contribution in [0.25, 0.3) is 11.4 Å². The van der Waals surface area contributed by atoms with E-state index >= 15 is 0 Å². The zero-order valence-electron chi connectivity index (χ0n) is 14.8. The minimum atomic E-state index is -0.300. The summed E-state index contributed by atoms with van der Waals surface area (Å²) in [5, 5.41) is 3.22. The van der Waals surface area contributed by atoms with Gasteiger partial charge in [0.1, 0.15) is 5.69 Å². The molecule has 1 N–H and O–H groups in total. The summed E-state index contributed by atoms with van der Waals surface area (Å²) in [6, 6.07) is 13.5. The van der Waals surface area contributed by atoms with E-state index in [1.54, 1.807) is 0 Å². The standard InChI is InChI=1S/C20H20N4O2/c1-13(2)26-19(25)17-9-8-16-18-14(10-11-24(16)17)12-21-20(23-18)22-15-6-4-3-5-7-15/h3-9,12-13H,10-11H2,1-2H3,(H,21,22,23). The van der Waals surface area contributed by atoms with E-state index in [0.29, 0.717) is 18.2 Å². The van der Waals surface area contributed by atoms with Crippen molar-refractivity contribution in [2.45, 2.75) is 32.9 Å². The van der Waals surface area contributed by atoms with Crippen molar-refractivity contribution < 1.29 is 9.53 Å². The van der Waals surface area contributed by atoms with Crippen LogP contribution in [0.1, 0.15) is 29.9 Å². The molecule has 0 fully saturated rings. The lowest BCUT2D eigenvalue weighted by molar-refractivity contribution is 0.0365. The van der Waals surface area contributed by atoms with Crippen molar-refractivity contribution in [1.29, 1.82) is 0 Å². The highest BCUT2D eigenvalue weighted by Gasteiger charge is 2.24. The van der Waals surface area contributed by atoms with Gasteiger partial charge in [-0.2, -0.15) is 0 Å². The molecular weight excluding hydrogens is 328 g/mol. The Bertz CT molecular complexity index is 948. The van der Waals surface area contributed by atoms with Gasteiger partial charge < -0.3 is 14.6 Å². The second kappa shape index (κ2) is 6.63. The van der Waals surface area contributed by atoms with Crippen LogP contribution in [0.2, 0.25) is 0 Å². The Balaban J connectivity index is 1.67. The van der Waals surface area contributed by atoms with Gasteiger partial charge in [0.25, 0.3) is 0 Å². The fraction of sp³-hybridized carbons (Fsp3) is 0.250. The minimum Gasteiger partial charge on any atom is -0.458 e. The quantitative estimate of drug-likeness (QED) is 0.726. The summed E-state index contributed by atoms with van der Waals surface area (Å²) in [5.41, 5.74) is 4.35. The molecule has 132 valence electrons. The summed E-state index contributed by atoms with van der Waals surface area (Å²) in [7, 11) is 0. The van der Waals surface area contributed by atoms with Gasteiger partial charge in [-0.05, 0) is 44.5 Å². The number of hydrogen-bond donors (Lipinski definition) is 1. The molecule has 1 aliphatic heterocycles. The molecule has 0 radical (unpaired) electrons. The monoisotopic (exact) mass is 348 g/mol. The summed E-state index contributed by atoms with van der Waals surface area (Å²) in [4.78, 5) is 21.4. The summed E-state index contributed by atoms with van der Waals surface area (Å²) in [6.45, 7) is 4.41. The van der Waals surface area contributed by atoms with Gasteiger partial charge in [0.05, 0.1) is 17.5 Å². The van der Waals surface area contributed by atoms with Crippen LogP contribution in [0.3, 0.4) is 0 Å². The summed E-state index contributed by atoms with van der Waals surface area (Å²) in [6.07, 6.45) is 2.49. The van der Waals surface area contributed by atoms with Crippen LogP contribution in [-0.2, 0) is 17.7 Å². The van der Waals surface area contributed by atoms with Crippen LogP contribution in [-0.4, -0.2) is 26.6 Å². The van der Waals surface area contributed by atoms with Gasteiger partial charge in [0.2, 0.25) is 5.95 Å². The number of aryl methyl sites for hydroxylation is 1. The molecule has 3 aromatic rings. The SMILES string of the molecule is CC(C)OC(=O)c1ccc2n1CCc1cnc(Nc3ccccc3)nc1-2. The molecule has 26 heavy (non-hydrogen) atoms. The van der Waals surface area contributed by atoms with Crippen LogP contribution in [0.4, 0.5) is 11.6 Å². The normalized spacial score (nSPS) is 12.4. The first-order valence-electron chi connectivity index (χ1n) is 8.70. The summed E-state index contributed by atoms with van der Waals surface area (Å²) in [5.74, 6) is 0.238. The van der Waals surface area contributed by atoms with Crippen LogP contribution < -0.4 is 5.32 Å². The predicted octanol–water partition coefficient (Wildman–Crippen LogP) is 3.81. The number of carbonyl (C=O) groups is 1. The molecule has 6 heteroatoms. The number of rotatable bonds is 4. The molecule has 0 atom stereocenters. The van der Waals surface area contributed by atoms with E-state index in [2.05, 4.69) is 15.3 Å². The topological polar surface area (TPSA) is 69.0 Å². The van der Waals surface area contributed by atoms with E-state index in [-0.39, 0.29) is 12.1 Å². The largest absolute Gasteiger partial charge is 0.458 e. The van der Waals surface area contributed by atoms with Crippen LogP contribution in [0, 0.1) is 0 Å². The van der Waals surface area contributed by atoms with E-state index in [4.69, 9.17) is 4.74 Å². The Morgan fingerprint density at radius 1 is 1.19 bits per heavy atom. The summed E-state index contributed by atoms with van der Waals surface area (Å²) >= 11 is 0. The van der Waals surface area contributed by atoms with Gasteiger partial charge >= 0.3 is 5.97 Å². The molecule has 3 heterocycles. The van der Waals surface area contributed by atoms with Gasteiger partial charge in [-0.15, -0.1) is 0 Å². The van der Waals surface area contributed by atoms with E-state index in [9.17, 15) is 4.79 Å². The highest BCUT2D eigenvalue weighted by molar-refractivity contribution is 5.89. The molecular formula is C20H20N4O2. The Morgan fingerprint density at radius 2 is 2.00 bits per heavy atom. The molecule has 0 unspecified atom stereocenters. The second-order valence-electron chi connectivity index (χ2n) is 6.52. The molecule has 2 aromatic heterocycles. The number of aromatic nitrogens is 3. The first kappa shape index (κ1) is 16.3. The molecule has 0 bridgehead atoms. The summed E-state index contributed by atoms with van der Waals surface area (Å²) < 4.78 is 7.33. The number of nitrogens with one attached hydrogen (secondary N) is 1. The average Bonchev–Trinajstić information content (AvgIpc) is 3.07. The third kappa shape index (κ3) is 3.06. The van der Waals surface area contributed by atoms with E-state index < -0.39 is 0 Å². The maximum atomic E-state index is 12.3. The Kier molecular flexibility index (Phi) is 4.16. The highest BCUT2D eigenvalue weighted by Crippen LogP contribution is 2.31. The molecule has 0 spiro atoms. The number of anilines is 2. The molecule has 6 nitrogen and oxygen atoms in total. The van der Waals surface area contributed by atoms with E-state index in [0.717, 1.165) is 29.1 Å². The highest BCUT2D eigenvalue weighted by atomic mass is 16.5. The Labute approximate surface area is 151 Å². The number of nitrogens with zero attached hydrogens (tertiary/aromatic N) is 3. The average molecular weight is 348 g/mol. The second-order valence-corrected chi connectivity index (χ2v) is 6.52. The number of carbonyl (C=O) groups excluding carboxylic acids is 1. The molecule has 1 aromatic carbocycles. The molecule has 0 saturated carbocycles.